The number of aryl methyl sites for hydroxylation is 1. The summed E-state index contributed by atoms with van der Waals surface area (Å²) in [4.78, 5) is 14.5. The topological polar surface area (TPSA) is 73.4 Å². The quantitative estimate of drug-likeness (QED) is 0.910. The Morgan fingerprint density at radius 1 is 1.35 bits per heavy atom. The minimum Gasteiger partial charge on any atom is -0.370 e. The predicted octanol–water partition coefficient (Wildman–Crippen LogP) is 1.96. The van der Waals surface area contributed by atoms with E-state index in [0.29, 0.717) is 19.7 Å². The highest BCUT2D eigenvalue weighted by molar-refractivity contribution is 5.76. The number of nitrogens with zero attached hydrogens (tertiary/aromatic N) is 3. The van der Waals surface area contributed by atoms with Gasteiger partial charge in [0, 0.05) is 18.8 Å². The average Bonchev–Trinajstić information content (AvgIpc) is 3.06. The van der Waals surface area contributed by atoms with Crippen molar-refractivity contribution in [2.24, 2.45) is 5.73 Å². The zero-order valence-corrected chi connectivity index (χ0v) is 14.6. The molecule has 1 saturated heterocycles. The first kappa shape index (κ1) is 17.2. The third kappa shape index (κ3) is 3.50. The second-order valence-corrected chi connectivity index (χ2v) is 6.99. The summed E-state index contributed by atoms with van der Waals surface area (Å²) in [5.74, 6) is -0.271. The van der Waals surface area contributed by atoms with Gasteiger partial charge in [0.05, 0.1) is 18.8 Å². The standard InChI is InChI=1S/C19H23FN4O2/c20-15-6-4-13(5-7-15)17-11-23(8-9-26-17)18(25)12-24-10-14-2-1-3-16(21)19(14)22-24/h4-7,10,16-17H,1-3,8-9,11-12,21H2. The molecule has 1 aliphatic carbocycles. The van der Waals surface area contributed by atoms with Crippen molar-refractivity contribution >= 4 is 5.91 Å². The van der Waals surface area contributed by atoms with Crippen LogP contribution in [0.15, 0.2) is 30.5 Å². The number of nitrogens with two attached hydrogens (primary N) is 1. The van der Waals surface area contributed by atoms with Gasteiger partial charge in [-0.2, -0.15) is 5.10 Å². The maximum absolute atomic E-state index is 13.1. The van der Waals surface area contributed by atoms with Crippen LogP contribution in [0.5, 0.6) is 0 Å². The third-order valence-corrected chi connectivity index (χ3v) is 5.14. The van der Waals surface area contributed by atoms with E-state index in [2.05, 4.69) is 5.10 Å². The van der Waals surface area contributed by atoms with Crippen molar-refractivity contribution in [3.63, 3.8) is 0 Å². The molecular weight excluding hydrogens is 335 g/mol. The van der Waals surface area contributed by atoms with E-state index in [0.717, 1.165) is 36.1 Å². The molecule has 6 nitrogen and oxygen atoms in total. The molecule has 138 valence electrons. The molecule has 2 unspecified atom stereocenters. The van der Waals surface area contributed by atoms with Crippen molar-refractivity contribution in [3.8, 4) is 0 Å². The minimum atomic E-state index is -0.279. The molecule has 7 heteroatoms. The Morgan fingerprint density at radius 3 is 2.92 bits per heavy atom. The van der Waals surface area contributed by atoms with Gasteiger partial charge in [0.2, 0.25) is 5.91 Å². The summed E-state index contributed by atoms with van der Waals surface area (Å²) >= 11 is 0. The van der Waals surface area contributed by atoms with Gasteiger partial charge in [0.25, 0.3) is 0 Å². The number of amides is 1. The van der Waals surface area contributed by atoms with Crippen LogP contribution in [-0.4, -0.2) is 40.3 Å². The van der Waals surface area contributed by atoms with Crippen molar-refractivity contribution < 1.29 is 13.9 Å². The maximum Gasteiger partial charge on any atom is 0.244 e. The lowest BCUT2D eigenvalue weighted by molar-refractivity contribution is -0.139. The van der Waals surface area contributed by atoms with Gasteiger partial charge in [0.15, 0.2) is 0 Å². The van der Waals surface area contributed by atoms with E-state index in [1.165, 1.54) is 12.1 Å². The summed E-state index contributed by atoms with van der Waals surface area (Å²) in [7, 11) is 0. The van der Waals surface area contributed by atoms with Gasteiger partial charge >= 0.3 is 0 Å². The van der Waals surface area contributed by atoms with Gasteiger partial charge in [-0.1, -0.05) is 12.1 Å². The van der Waals surface area contributed by atoms with Crippen LogP contribution in [0.25, 0.3) is 0 Å². The summed E-state index contributed by atoms with van der Waals surface area (Å²) in [6, 6.07) is 6.21. The van der Waals surface area contributed by atoms with E-state index in [1.807, 2.05) is 6.20 Å². The maximum atomic E-state index is 13.1. The summed E-state index contributed by atoms with van der Waals surface area (Å²) in [6.45, 7) is 1.69. The number of benzene rings is 1. The molecule has 4 rings (SSSR count). The largest absolute Gasteiger partial charge is 0.370 e. The highest BCUT2D eigenvalue weighted by atomic mass is 19.1. The molecule has 2 N–H and O–H groups in total. The Balaban J connectivity index is 1.42. The number of aromatic nitrogens is 2. The van der Waals surface area contributed by atoms with Crippen LogP contribution >= 0.6 is 0 Å². The Labute approximate surface area is 151 Å². The van der Waals surface area contributed by atoms with E-state index in [-0.39, 0.29) is 30.4 Å². The first-order chi connectivity index (χ1) is 12.6. The minimum absolute atomic E-state index is 0.00818. The first-order valence-electron chi connectivity index (χ1n) is 9.07. The second kappa shape index (κ2) is 7.17. The van der Waals surface area contributed by atoms with Crippen molar-refractivity contribution in [3.05, 3.63) is 53.1 Å². The molecule has 2 aromatic rings. The van der Waals surface area contributed by atoms with Crippen molar-refractivity contribution in [1.29, 1.82) is 0 Å². The first-order valence-corrected chi connectivity index (χ1v) is 9.07. The number of carbonyl (C=O) groups excluding carboxylic acids is 1. The number of halogens is 1. The lowest BCUT2D eigenvalue weighted by Crippen LogP contribution is -2.43. The van der Waals surface area contributed by atoms with Crippen molar-refractivity contribution in [1.82, 2.24) is 14.7 Å². The van der Waals surface area contributed by atoms with E-state index in [9.17, 15) is 9.18 Å². The molecule has 26 heavy (non-hydrogen) atoms. The fraction of sp³-hybridized carbons (Fsp3) is 0.474. The smallest absolute Gasteiger partial charge is 0.244 e. The lowest BCUT2D eigenvalue weighted by Gasteiger charge is -2.33. The number of carbonyl (C=O) groups is 1. The Bertz CT molecular complexity index is 789. The molecule has 0 bridgehead atoms. The van der Waals surface area contributed by atoms with Crippen LogP contribution in [0.4, 0.5) is 4.39 Å². The number of fused-ring (bicyclic) bond motifs is 1. The molecule has 1 aliphatic heterocycles. The highest BCUT2D eigenvalue weighted by Gasteiger charge is 2.27. The van der Waals surface area contributed by atoms with Gasteiger partial charge < -0.3 is 15.4 Å². The van der Waals surface area contributed by atoms with Crippen LogP contribution in [-0.2, 0) is 22.5 Å². The molecule has 0 spiro atoms. The Kier molecular flexibility index (Phi) is 4.74. The van der Waals surface area contributed by atoms with E-state index >= 15 is 0 Å². The second-order valence-electron chi connectivity index (χ2n) is 6.99. The molecule has 2 atom stereocenters. The summed E-state index contributed by atoms with van der Waals surface area (Å²) in [5.41, 5.74) is 9.07. The number of ether oxygens (including phenoxy) is 1. The summed E-state index contributed by atoms with van der Waals surface area (Å²) in [6.07, 6.45) is 4.70. The van der Waals surface area contributed by atoms with Crippen LogP contribution < -0.4 is 5.73 Å². The van der Waals surface area contributed by atoms with Crippen LogP contribution in [0.1, 0.15) is 41.8 Å². The Morgan fingerprint density at radius 2 is 2.15 bits per heavy atom. The van der Waals surface area contributed by atoms with Gasteiger partial charge in [-0.3, -0.25) is 9.48 Å². The zero-order chi connectivity index (χ0) is 18.1. The molecule has 2 aliphatic rings. The summed E-state index contributed by atoms with van der Waals surface area (Å²) in [5, 5.41) is 4.52. The van der Waals surface area contributed by atoms with E-state index in [1.54, 1.807) is 21.7 Å². The monoisotopic (exact) mass is 358 g/mol. The normalized spacial score (nSPS) is 22.9. The Hall–Kier alpha value is -2.25. The molecule has 0 radical (unpaired) electrons. The average molecular weight is 358 g/mol. The number of hydrogen-bond acceptors (Lipinski definition) is 4. The third-order valence-electron chi connectivity index (χ3n) is 5.14. The van der Waals surface area contributed by atoms with Crippen LogP contribution in [0, 0.1) is 5.82 Å². The fourth-order valence-electron chi connectivity index (χ4n) is 3.71. The molecule has 1 amide bonds. The zero-order valence-electron chi connectivity index (χ0n) is 14.6. The fourth-order valence-corrected chi connectivity index (χ4v) is 3.71. The number of hydrogen-bond donors (Lipinski definition) is 1. The highest BCUT2D eigenvalue weighted by Crippen LogP contribution is 2.27. The van der Waals surface area contributed by atoms with E-state index in [4.69, 9.17) is 10.5 Å². The lowest BCUT2D eigenvalue weighted by atomic mass is 9.95. The number of rotatable bonds is 3. The molecule has 1 aromatic heterocycles. The predicted molar refractivity (Wildman–Crippen MR) is 93.8 cm³/mol. The van der Waals surface area contributed by atoms with Crippen LogP contribution in [0.3, 0.4) is 0 Å². The molecule has 1 aromatic carbocycles. The number of morpholine rings is 1. The SMILES string of the molecule is NC1CCCc2cn(CC(=O)N3CCOC(c4ccc(F)cc4)C3)nc21. The van der Waals surface area contributed by atoms with Crippen molar-refractivity contribution in [2.75, 3.05) is 19.7 Å². The van der Waals surface area contributed by atoms with Crippen molar-refractivity contribution in [2.45, 2.75) is 38.0 Å². The summed E-state index contributed by atoms with van der Waals surface area (Å²) < 4.78 is 20.6. The van der Waals surface area contributed by atoms with Gasteiger partial charge in [0.1, 0.15) is 18.5 Å². The molecule has 0 saturated carbocycles. The molecular formula is C19H23FN4O2. The van der Waals surface area contributed by atoms with Gasteiger partial charge in [-0.15, -0.1) is 0 Å². The van der Waals surface area contributed by atoms with Gasteiger partial charge in [-0.25, -0.2) is 4.39 Å². The van der Waals surface area contributed by atoms with Crippen LogP contribution in [0.2, 0.25) is 0 Å². The van der Waals surface area contributed by atoms with Gasteiger partial charge in [-0.05, 0) is 42.5 Å². The molecule has 2 heterocycles. The molecule has 1 fully saturated rings. The van der Waals surface area contributed by atoms with E-state index < -0.39 is 0 Å².